The van der Waals surface area contributed by atoms with E-state index in [1.54, 1.807) is 6.20 Å². The molecule has 4 nitrogen and oxygen atoms in total. The Kier molecular flexibility index (Phi) is 3.25. The van der Waals surface area contributed by atoms with E-state index in [2.05, 4.69) is 22.1 Å². The maximum Gasteiger partial charge on any atom is 0.213 e. The lowest BCUT2D eigenvalue weighted by Crippen LogP contribution is -2.11. The van der Waals surface area contributed by atoms with Crippen LogP contribution in [-0.4, -0.2) is 9.97 Å². The molecule has 4 heteroatoms. The number of hydrogen-bond donors (Lipinski definition) is 1. The third-order valence-electron chi connectivity index (χ3n) is 3.09. The molecule has 2 N–H and O–H groups in total. The van der Waals surface area contributed by atoms with Gasteiger partial charge in [0.05, 0.1) is 6.04 Å². The van der Waals surface area contributed by atoms with Crippen molar-refractivity contribution in [1.29, 1.82) is 0 Å². The Balaban J connectivity index is 1.71. The van der Waals surface area contributed by atoms with Gasteiger partial charge in [-0.25, -0.2) is 4.98 Å². The largest absolute Gasteiger partial charge is 0.437 e. The van der Waals surface area contributed by atoms with Crippen LogP contribution in [0.4, 0.5) is 0 Å². The first-order chi connectivity index (χ1) is 9.33. The smallest absolute Gasteiger partial charge is 0.213 e. The van der Waals surface area contributed by atoms with Gasteiger partial charge in [0, 0.05) is 6.20 Å². The van der Waals surface area contributed by atoms with Gasteiger partial charge in [-0.15, -0.1) is 0 Å². The van der Waals surface area contributed by atoms with Crippen molar-refractivity contribution in [2.24, 2.45) is 5.73 Å². The Morgan fingerprint density at radius 3 is 2.74 bits per heavy atom. The van der Waals surface area contributed by atoms with Crippen molar-refractivity contribution in [2.45, 2.75) is 18.9 Å². The van der Waals surface area contributed by atoms with Crippen molar-refractivity contribution in [1.82, 2.24) is 9.97 Å². The van der Waals surface area contributed by atoms with Crippen molar-refractivity contribution in [3.05, 3.63) is 60.1 Å². The van der Waals surface area contributed by atoms with Crippen molar-refractivity contribution >= 4 is 11.2 Å². The lowest BCUT2D eigenvalue weighted by molar-refractivity contribution is 0.459. The summed E-state index contributed by atoms with van der Waals surface area (Å²) in [5.41, 5.74) is 8.70. The summed E-state index contributed by atoms with van der Waals surface area (Å²) in [5.74, 6) is 0.560. The van der Waals surface area contributed by atoms with Gasteiger partial charge < -0.3 is 10.2 Å². The molecule has 0 saturated carbocycles. The standard InChI is InChI=1S/C15H15N3O/c16-12(9-8-11-5-2-1-3-6-11)15-18-14-13(19-15)7-4-10-17-14/h1-7,10,12H,8-9,16H2. The van der Waals surface area contributed by atoms with E-state index < -0.39 is 0 Å². The van der Waals surface area contributed by atoms with E-state index in [1.165, 1.54) is 5.56 Å². The topological polar surface area (TPSA) is 64.9 Å². The van der Waals surface area contributed by atoms with Crippen LogP contribution < -0.4 is 5.73 Å². The number of rotatable bonds is 4. The van der Waals surface area contributed by atoms with Crippen molar-refractivity contribution < 1.29 is 4.42 Å². The quantitative estimate of drug-likeness (QED) is 0.776. The van der Waals surface area contributed by atoms with Gasteiger partial charge in [-0.2, -0.15) is 4.98 Å². The second-order valence-electron chi connectivity index (χ2n) is 4.51. The molecule has 3 aromatic rings. The summed E-state index contributed by atoms with van der Waals surface area (Å²) in [6.07, 6.45) is 3.41. The van der Waals surface area contributed by atoms with Crippen molar-refractivity contribution in [3.8, 4) is 0 Å². The average Bonchev–Trinajstić information content (AvgIpc) is 2.90. The molecule has 19 heavy (non-hydrogen) atoms. The summed E-state index contributed by atoms with van der Waals surface area (Å²) >= 11 is 0. The number of pyridine rings is 1. The van der Waals surface area contributed by atoms with Crippen molar-refractivity contribution in [2.75, 3.05) is 0 Å². The highest BCUT2D eigenvalue weighted by molar-refractivity contribution is 5.66. The minimum atomic E-state index is -0.200. The molecule has 0 saturated heterocycles. The molecule has 0 spiro atoms. The molecule has 2 aromatic heterocycles. The molecule has 0 bridgehead atoms. The van der Waals surface area contributed by atoms with E-state index >= 15 is 0 Å². The van der Waals surface area contributed by atoms with Crippen LogP contribution in [0.15, 0.2) is 53.1 Å². The van der Waals surface area contributed by atoms with Gasteiger partial charge in [-0.05, 0) is 30.5 Å². The summed E-state index contributed by atoms with van der Waals surface area (Å²) in [7, 11) is 0. The normalized spacial score (nSPS) is 12.7. The average molecular weight is 253 g/mol. The van der Waals surface area contributed by atoms with E-state index in [9.17, 15) is 0 Å². The SMILES string of the molecule is NC(CCc1ccccc1)c1nc2ncccc2o1. The van der Waals surface area contributed by atoms with Gasteiger partial charge in [0.2, 0.25) is 5.89 Å². The second-order valence-corrected chi connectivity index (χ2v) is 4.51. The summed E-state index contributed by atoms with van der Waals surface area (Å²) < 4.78 is 5.62. The molecule has 0 aliphatic rings. The van der Waals surface area contributed by atoms with Crippen LogP contribution in [-0.2, 0) is 6.42 Å². The molecule has 0 radical (unpaired) electrons. The Bertz CT molecular complexity index is 630. The third-order valence-corrected chi connectivity index (χ3v) is 3.09. The number of nitrogens with two attached hydrogens (primary N) is 1. The van der Waals surface area contributed by atoms with Crippen LogP contribution in [0.3, 0.4) is 0 Å². The van der Waals surface area contributed by atoms with Gasteiger partial charge in [0.15, 0.2) is 11.2 Å². The summed E-state index contributed by atoms with van der Waals surface area (Å²) in [6, 6.07) is 13.7. The molecule has 1 atom stereocenters. The summed E-state index contributed by atoms with van der Waals surface area (Å²) in [4.78, 5) is 8.46. The molecule has 96 valence electrons. The second kappa shape index (κ2) is 5.20. The van der Waals surface area contributed by atoms with Gasteiger partial charge in [-0.3, -0.25) is 0 Å². The van der Waals surface area contributed by atoms with Gasteiger partial charge in [0.25, 0.3) is 0 Å². The first-order valence-electron chi connectivity index (χ1n) is 6.34. The zero-order valence-corrected chi connectivity index (χ0v) is 10.5. The highest BCUT2D eigenvalue weighted by Gasteiger charge is 2.14. The zero-order valence-electron chi connectivity index (χ0n) is 10.5. The molecule has 0 amide bonds. The van der Waals surface area contributed by atoms with Crippen LogP contribution in [0.25, 0.3) is 11.2 Å². The summed E-state index contributed by atoms with van der Waals surface area (Å²) in [5, 5.41) is 0. The molecule has 0 aliphatic heterocycles. The Morgan fingerprint density at radius 2 is 1.95 bits per heavy atom. The molecule has 1 unspecified atom stereocenters. The number of aryl methyl sites for hydroxylation is 1. The van der Waals surface area contributed by atoms with Gasteiger partial charge in [0.1, 0.15) is 0 Å². The number of oxazole rings is 1. The third kappa shape index (κ3) is 2.63. The number of aromatic nitrogens is 2. The number of benzene rings is 1. The molecule has 0 aliphatic carbocycles. The number of nitrogens with zero attached hydrogens (tertiary/aromatic N) is 2. The van der Waals surface area contributed by atoms with Crippen LogP contribution in [0.2, 0.25) is 0 Å². The van der Waals surface area contributed by atoms with E-state index in [-0.39, 0.29) is 6.04 Å². The lowest BCUT2D eigenvalue weighted by Gasteiger charge is -2.06. The monoisotopic (exact) mass is 253 g/mol. The van der Waals surface area contributed by atoms with E-state index in [1.807, 2.05) is 30.3 Å². The minimum absolute atomic E-state index is 0.200. The van der Waals surface area contributed by atoms with Crippen LogP contribution in [0, 0.1) is 0 Å². The Morgan fingerprint density at radius 1 is 1.11 bits per heavy atom. The molecular formula is C15H15N3O. The molecule has 3 rings (SSSR count). The first-order valence-corrected chi connectivity index (χ1v) is 6.34. The van der Waals surface area contributed by atoms with Gasteiger partial charge >= 0.3 is 0 Å². The predicted molar refractivity (Wildman–Crippen MR) is 73.5 cm³/mol. The maximum atomic E-state index is 6.12. The molecule has 0 fully saturated rings. The highest BCUT2D eigenvalue weighted by Crippen LogP contribution is 2.20. The summed E-state index contributed by atoms with van der Waals surface area (Å²) in [6.45, 7) is 0. The van der Waals surface area contributed by atoms with Crippen molar-refractivity contribution in [3.63, 3.8) is 0 Å². The minimum Gasteiger partial charge on any atom is -0.437 e. The fourth-order valence-corrected chi connectivity index (χ4v) is 2.03. The van der Waals surface area contributed by atoms with E-state index in [0.717, 1.165) is 12.8 Å². The van der Waals surface area contributed by atoms with Crippen LogP contribution in [0.5, 0.6) is 0 Å². The number of hydrogen-bond acceptors (Lipinski definition) is 4. The first kappa shape index (κ1) is 11.9. The highest BCUT2D eigenvalue weighted by atomic mass is 16.3. The fraction of sp³-hybridized carbons (Fsp3) is 0.200. The molecular weight excluding hydrogens is 238 g/mol. The molecule has 2 heterocycles. The molecule has 1 aromatic carbocycles. The zero-order chi connectivity index (χ0) is 13.1. The van der Waals surface area contributed by atoms with E-state index in [0.29, 0.717) is 17.1 Å². The Hall–Kier alpha value is -2.20. The fourth-order valence-electron chi connectivity index (χ4n) is 2.03. The lowest BCUT2D eigenvalue weighted by atomic mass is 10.1. The predicted octanol–water partition coefficient (Wildman–Crippen LogP) is 2.86. The van der Waals surface area contributed by atoms with Crippen LogP contribution >= 0.6 is 0 Å². The number of fused-ring (bicyclic) bond motifs is 1. The Labute approximate surface area is 111 Å². The van der Waals surface area contributed by atoms with E-state index in [4.69, 9.17) is 10.2 Å². The van der Waals surface area contributed by atoms with Gasteiger partial charge in [-0.1, -0.05) is 30.3 Å². The maximum absolute atomic E-state index is 6.12. The van der Waals surface area contributed by atoms with Crippen LogP contribution in [0.1, 0.15) is 23.9 Å².